The molecule has 1 saturated carbocycles. The third kappa shape index (κ3) is 4.81. The van der Waals surface area contributed by atoms with Crippen LogP contribution in [0.25, 0.3) is 0 Å². The van der Waals surface area contributed by atoms with Gasteiger partial charge in [-0.3, -0.25) is 14.4 Å². The van der Waals surface area contributed by atoms with E-state index in [0.29, 0.717) is 24.1 Å². The van der Waals surface area contributed by atoms with Crippen LogP contribution in [0, 0.1) is 5.41 Å². The van der Waals surface area contributed by atoms with Crippen LogP contribution in [0.15, 0.2) is 24.3 Å². The standard InChI is InChI=1S/C19H26N2O4/c1-21(2)17(23)14-7-9-15(10-8-14)20-16(22)13-19(18(24)25)11-5-3-4-6-12-19/h7-10H,3-6,11-13H2,1-2H3,(H,20,22)(H,24,25). The van der Waals surface area contributed by atoms with Crippen LogP contribution in [0.1, 0.15) is 55.3 Å². The van der Waals surface area contributed by atoms with Crippen LogP contribution in [0.2, 0.25) is 0 Å². The van der Waals surface area contributed by atoms with E-state index in [-0.39, 0.29) is 18.2 Å². The fourth-order valence-electron chi connectivity index (χ4n) is 3.34. The predicted molar refractivity (Wildman–Crippen MR) is 95.5 cm³/mol. The van der Waals surface area contributed by atoms with Gasteiger partial charge in [0.15, 0.2) is 0 Å². The summed E-state index contributed by atoms with van der Waals surface area (Å²) in [7, 11) is 3.35. The third-order valence-corrected chi connectivity index (χ3v) is 4.84. The molecule has 6 heteroatoms. The van der Waals surface area contributed by atoms with Gasteiger partial charge in [-0.15, -0.1) is 0 Å². The maximum atomic E-state index is 12.4. The maximum Gasteiger partial charge on any atom is 0.310 e. The van der Waals surface area contributed by atoms with Crippen LogP contribution >= 0.6 is 0 Å². The Hall–Kier alpha value is -2.37. The van der Waals surface area contributed by atoms with Crippen LogP contribution in [0.3, 0.4) is 0 Å². The largest absolute Gasteiger partial charge is 0.481 e. The molecule has 0 heterocycles. The number of nitrogens with one attached hydrogen (secondary N) is 1. The van der Waals surface area contributed by atoms with Crippen molar-refractivity contribution < 1.29 is 19.5 Å². The Morgan fingerprint density at radius 1 is 1.04 bits per heavy atom. The number of nitrogens with zero attached hydrogens (tertiary/aromatic N) is 1. The minimum Gasteiger partial charge on any atom is -0.481 e. The molecule has 2 rings (SSSR count). The Balaban J connectivity index is 2.03. The summed E-state index contributed by atoms with van der Waals surface area (Å²) >= 11 is 0. The molecule has 0 bridgehead atoms. The van der Waals surface area contributed by atoms with Gasteiger partial charge in [0, 0.05) is 31.8 Å². The lowest BCUT2D eigenvalue weighted by Crippen LogP contribution is -2.35. The number of rotatable bonds is 5. The van der Waals surface area contributed by atoms with Crippen molar-refractivity contribution in [3.8, 4) is 0 Å². The highest BCUT2D eigenvalue weighted by atomic mass is 16.4. The minimum absolute atomic E-state index is 0.0132. The average molecular weight is 346 g/mol. The summed E-state index contributed by atoms with van der Waals surface area (Å²) in [4.78, 5) is 37.5. The Bertz CT molecular complexity index is 629. The van der Waals surface area contributed by atoms with E-state index in [1.54, 1.807) is 38.4 Å². The van der Waals surface area contributed by atoms with Gasteiger partial charge in [-0.1, -0.05) is 25.7 Å². The number of carboxylic acids is 1. The lowest BCUT2D eigenvalue weighted by Gasteiger charge is -2.27. The lowest BCUT2D eigenvalue weighted by atomic mass is 9.77. The van der Waals surface area contributed by atoms with Crippen molar-refractivity contribution in [2.75, 3.05) is 19.4 Å². The SMILES string of the molecule is CN(C)C(=O)c1ccc(NC(=O)CC2(C(=O)O)CCCCCC2)cc1. The molecule has 25 heavy (non-hydrogen) atoms. The van der Waals surface area contributed by atoms with Crippen molar-refractivity contribution >= 4 is 23.5 Å². The summed E-state index contributed by atoms with van der Waals surface area (Å²) in [6.45, 7) is 0. The molecule has 0 atom stereocenters. The van der Waals surface area contributed by atoms with E-state index in [0.717, 1.165) is 25.7 Å². The highest BCUT2D eigenvalue weighted by molar-refractivity contribution is 5.96. The number of carbonyl (C=O) groups excluding carboxylic acids is 2. The molecule has 2 N–H and O–H groups in total. The molecule has 136 valence electrons. The van der Waals surface area contributed by atoms with Crippen molar-refractivity contribution in [1.82, 2.24) is 4.90 Å². The number of hydrogen-bond donors (Lipinski definition) is 2. The van der Waals surface area contributed by atoms with E-state index in [9.17, 15) is 19.5 Å². The number of carbonyl (C=O) groups is 3. The number of amides is 2. The minimum atomic E-state index is -0.957. The number of benzene rings is 1. The molecule has 6 nitrogen and oxygen atoms in total. The van der Waals surface area contributed by atoms with E-state index in [1.807, 2.05) is 0 Å². The van der Waals surface area contributed by atoms with Crippen LogP contribution in [-0.4, -0.2) is 41.9 Å². The van der Waals surface area contributed by atoms with Crippen LogP contribution in [0.4, 0.5) is 5.69 Å². The van der Waals surface area contributed by atoms with Gasteiger partial charge in [0.2, 0.25) is 5.91 Å². The molecule has 1 aromatic carbocycles. The molecule has 0 unspecified atom stereocenters. The second kappa shape index (κ2) is 8.14. The molecular weight excluding hydrogens is 320 g/mol. The third-order valence-electron chi connectivity index (χ3n) is 4.84. The van der Waals surface area contributed by atoms with E-state index in [4.69, 9.17) is 0 Å². The number of anilines is 1. The summed E-state index contributed by atoms with van der Waals surface area (Å²) in [5, 5.41) is 12.4. The van der Waals surface area contributed by atoms with Crippen LogP contribution in [-0.2, 0) is 9.59 Å². The average Bonchev–Trinajstić information content (AvgIpc) is 2.81. The first-order chi connectivity index (χ1) is 11.8. The van der Waals surface area contributed by atoms with E-state index in [2.05, 4.69) is 5.32 Å². The smallest absolute Gasteiger partial charge is 0.310 e. The zero-order valence-electron chi connectivity index (χ0n) is 14.9. The Morgan fingerprint density at radius 2 is 1.60 bits per heavy atom. The zero-order chi connectivity index (χ0) is 18.4. The molecule has 1 fully saturated rings. The van der Waals surface area contributed by atoms with Gasteiger partial charge < -0.3 is 15.3 Å². The van der Waals surface area contributed by atoms with Gasteiger partial charge in [0.1, 0.15) is 0 Å². The van der Waals surface area contributed by atoms with Crippen molar-refractivity contribution in [2.45, 2.75) is 44.9 Å². The maximum absolute atomic E-state index is 12.4. The van der Waals surface area contributed by atoms with Gasteiger partial charge in [0.25, 0.3) is 5.91 Å². The molecule has 0 aromatic heterocycles. The molecule has 2 amide bonds. The molecule has 1 aromatic rings. The van der Waals surface area contributed by atoms with E-state index >= 15 is 0 Å². The number of aliphatic carboxylic acids is 1. The Labute approximate surface area is 148 Å². The van der Waals surface area contributed by atoms with Gasteiger partial charge in [0.05, 0.1) is 5.41 Å². The fraction of sp³-hybridized carbons (Fsp3) is 0.526. The monoisotopic (exact) mass is 346 g/mol. The van der Waals surface area contributed by atoms with Gasteiger partial charge >= 0.3 is 5.97 Å². The molecule has 0 spiro atoms. The topological polar surface area (TPSA) is 86.7 Å². The first-order valence-corrected chi connectivity index (χ1v) is 8.69. The van der Waals surface area contributed by atoms with Crippen molar-refractivity contribution in [3.05, 3.63) is 29.8 Å². The quantitative estimate of drug-likeness (QED) is 0.802. The number of hydrogen-bond acceptors (Lipinski definition) is 3. The molecule has 0 aliphatic heterocycles. The Morgan fingerprint density at radius 3 is 2.08 bits per heavy atom. The van der Waals surface area contributed by atoms with E-state index in [1.165, 1.54) is 4.90 Å². The zero-order valence-corrected chi connectivity index (χ0v) is 14.9. The lowest BCUT2D eigenvalue weighted by molar-refractivity contribution is -0.152. The highest BCUT2D eigenvalue weighted by Gasteiger charge is 2.40. The number of carboxylic acid groups (broad SMARTS) is 1. The van der Waals surface area contributed by atoms with Crippen molar-refractivity contribution in [2.24, 2.45) is 5.41 Å². The Kier molecular flexibility index (Phi) is 6.17. The second-order valence-electron chi connectivity index (χ2n) is 7.00. The summed E-state index contributed by atoms with van der Waals surface area (Å²) in [6, 6.07) is 6.62. The summed E-state index contributed by atoms with van der Waals surface area (Å²) in [6.07, 6.45) is 4.83. The molecule has 0 saturated heterocycles. The highest BCUT2D eigenvalue weighted by Crippen LogP contribution is 2.38. The molecule has 1 aliphatic carbocycles. The van der Waals surface area contributed by atoms with Gasteiger partial charge in [-0.05, 0) is 37.1 Å². The fourth-order valence-corrected chi connectivity index (χ4v) is 3.34. The molecule has 1 aliphatic rings. The van der Waals surface area contributed by atoms with Crippen molar-refractivity contribution in [1.29, 1.82) is 0 Å². The summed E-state index contributed by atoms with van der Waals surface area (Å²) in [5.41, 5.74) is 0.143. The predicted octanol–water partition coefficient (Wildman–Crippen LogP) is 3.14. The first-order valence-electron chi connectivity index (χ1n) is 8.69. The van der Waals surface area contributed by atoms with Gasteiger partial charge in [-0.2, -0.15) is 0 Å². The normalized spacial score (nSPS) is 16.6. The van der Waals surface area contributed by atoms with Gasteiger partial charge in [-0.25, -0.2) is 0 Å². The summed E-state index contributed by atoms with van der Waals surface area (Å²) < 4.78 is 0. The molecule has 0 radical (unpaired) electrons. The summed E-state index contributed by atoms with van der Waals surface area (Å²) in [5.74, 6) is -1.28. The van der Waals surface area contributed by atoms with E-state index < -0.39 is 11.4 Å². The van der Waals surface area contributed by atoms with Crippen LogP contribution < -0.4 is 5.32 Å². The second-order valence-corrected chi connectivity index (χ2v) is 7.00. The first kappa shape index (κ1) is 19.0. The molecular formula is C19H26N2O4. The van der Waals surface area contributed by atoms with Crippen LogP contribution in [0.5, 0.6) is 0 Å². The van der Waals surface area contributed by atoms with Crippen molar-refractivity contribution in [3.63, 3.8) is 0 Å².